The van der Waals surface area contributed by atoms with Crippen LogP contribution in [0.1, 0.15) is 24.8 Å². The number of aromatic nitrogens is 2. The Morgan fingerprint density at radius 2 is 2.08 bits per heavy atom. The quantitative estimate of drug-likeness (QED) is 0.866. The topological polar surface area (TPSA) is 47.4 Å². The van der Waals surface area contributed by atoms with Crippen LogP contribution in [0.5, 0.6) is 5.88 Å². The van der Waals surface area contributed by atoms with E-state index in [-0.39, 0.29) is 29.3 Å². The van der Waals surface area contributed by atoms with Gasteiger partial charge in [0.25, 0.3) is 0 Å². The third kappa shape index (κ3) is 2.26. The molecule has 1 aromatic heterocycles. The molecule has 1 aliphatic heterocycles. The Balaban J connectivity index is 1.58. The molecule has 1 aromatic carbocycles. The van der Waals surface area contributed by atoms with Crippen molar-refractivity contribution in [3.63, 3.8) is 0 Å². The van der Waals surface area contributed by atoms with Crippen molar-refractivity contribution < 1.29 is 13.5 Å². The summed E-state index contributed by atoms with van der Waals surface area (Å²) in [4.78, 5) is 18.3. The van der Waals surface area contributed by atoms with Crippen LogP contribution in [0, 0.1) is 11.6 Å². The number of rotatable bonds is 3. The Kier molecular flexibility index (Phi) is 3.33. The first-order valence-electron chi connectivity index (χ1n) is 7.91. The SMILES string of the molecule is CN1c2cc(OCc3ccc(F)cc3F)nc(=O)n2CC12CCC2. The molecule has 1 spiro atoms. The lowest BCUT2D eigenvalue weighted by Crippen LogP contribution is -2.50. The van der Waals surface area contributed by atoms with Gasteiger partial charge in [-0.25, -0.2) is 13.6 Å². The van der Waals surface area contributed by atoms with Gasteiger partial charge in [-0.2, -0.15) is 4.98 Å². The van der Waals surface area contributed by atoms with Gasteiger partial charge in [0.2, 0.25) is 5.88 Å². The number of ether oxygens (including phenoxy) is 1. The van der Waals surface area contributed by atoms with Crippen LogP contribution < -0.4 is 15.3 Å². The van der Waals surface area contributed by atoms with Gasteiger partial charge in [-0.1, -0.05) is 0 Å². The summed E-state index contributed by atoms with van der Waals surface area (Å²) in [7, 11) is 1.97. The Hall–Kier alpha value is -2.44. The molecular weight excluding hydrogens is 316 g/mol. The summed E-state index contributed by atoms with van der Waals surface area (Å²) in [5.74, 6) is -0.404. The zero-order valence-corrected chi connectivity index (χ0v) is 13.3. The molecule has 0 bridgehead atoms. The number of hydrogen-bond donors (Lipinski definition) is 0. The maximum atomic E-state index is 13.7. The number of anilines is 1. The van der Waals surface area contributed by atoms with E-state index in [1.807, 2.05) is 7.05 Å². The zero-order chi connectivity index (χ0) is 16.9. The normalized spacial score (nSPS) is 17.7. The number of hydrogen-bond acceptors (Lipinski definition) is 4. The summed E-state index contributed by atoms with van der Waals surface area (Å²) in [6.45, 7) is 0.536. The molecule has 2 aromatic rings. The first-order chi connectivity index (χ1) is 11.5. The first kappa shape index (κ1) is 15.1. The van der Waals surface area contributed by atoms with Crippen LogP contribution in [-0.4, -0.2) is 22.1 Å². The first-order valence-corrected chi connectivity index (χ1v) is 7.91. The van der Waals surface area contributed by atoms with Crippen molar-refractivity contribution in [1.82, 2.24) is 9.55 Å². The van der Waals surface area contributed by atoms with Gasteiger partial charge in [-0.15, -0.1) is 0 Å². The number of fused-ring (bicyclic) bond motifs is 1. The predicted molar refractivity (Wildman–Crippen MR) is 84.2 cm³/mol. The van der Waals surface area contributed by atoms with Crippen molar-refractivity contribution in [2.75, 3.05) is 11.9 Å². The Morgan fingerprint density at radius 1 is 1.29 bits per heavy atom. The predicted octanol–water partition coefficient (Wildman–Crippen LogP) is 2.47. The summed E-state index contributed by atoms with van der Waals surface area (Å²) in [5.41, 5.74) is -0.129. The monoisotopic (exact) mass is 333 g/mol. The van der Waals surface area contributed by atoms with Crippen molar-refractivity contribution in [3.8, 4) is 5.88 Å². The summed E-state index contributed by atoms with van der Waals surface area (Å²) in [5, 5.41) is 0. The molecule has 1 saturated carbocycles. The molecule has 2 heterocycles. The average molecular weight is 333 g/mol. The summed E-state index contributed by atoms with van der Waals surface area (Å²) in [6, 6.07) is 5.00. The molecule has 7 heteroatoms. The van der Waals surface area contributed by atoms with Crippen LogP contribution in [0.2, 0.25) is 0 Å². The van der Waals surface area contributed by atoms with Crippen LogP contribution in [0.3, 0.4) is 0 Å². The van der Waals surface area contributed by atoms with Crippen molar-refractivity contribution in [2.45, 2.75) is 38.0 Å². The van der Waals surface area contributed by atoms with E-state index in [1.165, 1.54) is 12.1 Å². The molecule has 2 aliphatic rings. The van der Waals surface area contributed by atoms with E-state index >= 15 is 0 Å². The molecule has 0 N–H and O–H groups in total. The number of nitrogens with zero attached hydrogens (tertiary/aromatic N) is 3. The van der Waals surface area contributed by atoms with Crippen molar-refractivity contribution in [1.29, 1.82) is 0 Å². The minimum Gasteiger partial charge on any atom is -0.472 e. The molecule has 4 rings (SSSR count). The summed E-state index contributed by atoms with van der Waals surface area (Å²) < 4.78 is 33.7. The largest absolute Gasteiger partial charge is 0.472 e. The highest BCUT2D eigenvalue weighted by Gasteiger charge is 2.47. The third-order valence-corrected chi connectivity index (χ3v) is 5.15. The van der Waals surface area contributed by atoms with E-state index in [1.54, 1.807) is 10.6 Å². The van der Waals surface area contributed by atoms with Crippen molar-refractivity contribution >= 4 is 5.82 Å². The van der Waals surface area contributed by atoms with E-state index in [2.05, 4.69) is 9.88 Å². The minimum atomic E-state index is -0.682. The van der Waals surface area contributed by atoms with E-state index in [0.29, 0.717) is 6.54 Å². The van der Waals surface area contributed by atoms with Crippen LogP contribution >= 0.6 is 0 Å². The molecule has 0 atom stereocenters. The molecule has 1 fully saturated rings. The Bertz CT molecular complexity index is 861. The van der Waals surface area contributed by atoms with Crippen LogP contribution in [0.25, 0.3) is 0 Å². The van der Waals surface area contributed by atoms with Crippen molar-refractivity contribution in [3.05, 3.63) is 51.9 Å². The zero-order valence-electron chi connectivity index (χ0n) is 13.3. The van der Waals surface area contributed by atoms with Gasteiger partial charge in [-0.05, 0) is 31.4 Å². The van der Waals surface area contributed by atoms with E-state index in [4.69, 9.17) is 4.74 Å². The van der Waals surface area contributed by atoms with Gasteiger partial charge in [0.05, 0.1) is 12.1 Å². The second-order valence-electron chi connectivity index (χ2n) is 6.48. The number of halogens is 2. The Morgan fingerprint density at radius 3 is 2.75 bits per heavy atom. The van der Waals surface area contributed by atoms with E-state index in [9.17, 15) is 13.6 Å². The smallest absolute Gasteiger partial charge is 0.352 e. The minimum absolute atomic E-state index is 0.0233. The lowest BCUT2D eigenvalue weighted by atomic mass is 9.76. The van der Waals surface area contributed by atoms with E-state index in [0.717, 1.165) is 31.1 Å². The van der Waals surface area contributed by atoms with Gasteiger partial charge in [0, 0.05) is 24.7 Å². The second kappa shape index (κ2) is 5.29. The second-order valence-corrected chi connectivity index (χ2v) is 6.48. The van der Waals surface area contributed by atoms with Gasteiger partial charge in [-0.3, -0.25) is 4.57 Å². The molecule has 5 nitrogen and oxygen atoms in total. The highest BCUT2D eigenvalue weighted by atomic mass is 19.1. The van der Waals surface area contributed by atoms with Crippen LogP contribution in [0.4, 0.5) is 14.6 Å². The highest BCUT2D eigenvalue weighted by molar-refractivity contribution is 5.49. The fourth-order valence-corrected chi connectivity index (χ4v) is 3.49. The lowest BCUT2D eigenvalue weighted by molar-refractivity contribution is 0.231. The van der Waals surface area contributed by atoms with Gasteiger partial charge in [0.1, 0.15) is 24.1 Å². The fourth-order valence-electron chi connectivity index (χ4n) is 3.49. The summed E-state index contributed by atoms with van der Waals surface area (Å²) >= 11 is 0. The average Bonchev–Trinajstić information content (AvgIpc) is 2.81. The molecule has 1 aliphatic carbocycles. The maximum absolute atomic E-state index is 13.7. The van der Waals surface area contributed by atoms with Crippen molar-refractivity contribution in [2.24, 2.45) is 0 Å². The lowest BCUT2D eigenvalue weighted by Gasteiger charge is -2.44. The number of benzene rings is 1. The Labute approximate surface area is 137 Å². The van der Waals surface area contributed by atoms with Gasteiger partial charge in [0.15, 0.2) is 0 Å². The molecular formula is C17H17F2N3O2. The van der Waals surface area contributed by atoms with Crippen LogP contribution in [-0.2, 0) is 13.2 Å². The number of likely N-dealkylation sites (N-methyl/N-ethyl adjacent to an activating group) is 1. The third-order valence-electron chi connectivity index (χ3n) is 5.15. The molecule has 126 valence electrons. The molecule has 0 unspecified atom stereocenters. The maximum Gasteiger partial charge on any atom is 0.352 e. The fraction of sp³-hybridized carbons (Fsp3) is 0.412. The van der Waals surface area contributed by atoms with Crippen LogP contribution in [0.15, 0.2) is 29.1 Å². The van der Waals surface area contributed by atoms with E-state index < -0.39 is 11.6 Å². The molecule has 0 saturated heterocycles. The highest BCUT2D eigenvalue weighted by Crippen LogP contribution is 2.45. The molecule has 24 heavy (non-hydrogen) atoms. The molecule has 0 radical (unpaired) electrons. The van der Waals surface area contributed by atoms with Gasteiger partial charge < -0.3 is 9.64 Å². The standard InChI is InChI=1S/C17H17F2N3O2/c1-21-15-8-14(24-9-11-3-4-12(18)7-13(11)19)20-16(23)22(15)10-17(21)5-2-6-17/h3-4,7-8H,2,5-6,9-10H2,1H3. The summed E-state index contributed by atoms with van der Waals surface area (Å²) in [6.07, 6.45) is 3.27. The molecule has 0 amide bonds. The van der Waals surface area contributed by atoms with Gasteiger partial charge >= 0.3 is 5.69 Å².